The Morgan fingerprint density at radius 3 is 2.31 bits per heavy atom. The van der Waals surface area contributed by atoms with E-state index in [0.717, 1.165) is 0 Å². The highest BCUT2D eigenvalue weighted by Crippen LogP contribution is 2.38. The molecule has 2 heteroatoms. The number of allylic oxidation sites excluding steroid dienone is 1. The zero-order chi connectivity index (χ0) is 10.1. The van der Waals surface area contributed by atoms with E-state index in [1.807, 2.05) is 0 Å². The zero-order valence-corrected chi connectivity index (χ0v) is 10.6. The van der Waals surface area contributed by atoms with Crippen LogP contribution in [0.4, 0.5) is 0 Å². The smallest absolute Gasteiger partial charge is 0.192 e. The zero-order valence-electron chi connectivity index (χ0n) is 9.55. The largest absolute Gasteiger partial charge is 0.411 e. The van der Waals surface area contributed by atoms with Crippen LogP contribution < -0.4 is 0 Å². The Kier molecular flexibility index (Phi) is 3.03. The van der Waals surface area contributed by atoms with Gasteiger partial charge < -0.3 is 4.43 Å². The van der Waals surface area contributed by atoms with Gasteiger partial charge in [0.15, 0.2) is 8.32 Å². The minimum atomic E-state index is -1.52. The van der Waals surface area contributed by atoms with Crippen molar-refractivity contribution < 1.29 is 4.43 Å². The molecule has 1 nitrogen and oxygen atoms in total. The highest BCUT2D eigenvalue weighted by Gasteiger charge is 2.38. The molecule has 0 spiro atoms. The summed E-state index contributed by atoms with van der Waals surface area (Å²) in [5, 5.41) is 0.337. The van der Waals surface area contributed by atoms with Crippen molar-refractivity contribution in [2.24, 2.45) is 0 Å². The maximum atomic E-state index is 6.22. The molecule has 0 aliphatic heterocycles. The molecular weight excluding hydrogens is 176 g/mol. The highest BCUT2D eigenvalue weighted by molar-refractivity contribution is 6.74. The molecule has 0 bridgehead atoms. The summed E-state index contributed by atoms with van der Waals surface area (Å²) in [5.74, 6) is 0. The van der Waals surface area contributed by atoms with Crippen molar-refractivity contribution in [2.75, 3.05) is 0 Å². The third-order valence-electron chi connectivity index (χ3n) is 3.22. The van der Waals surface area contributed by atoms with E-state index in [9.17, 15) is 0 Å². The average molecular weight is 198 g/mol. The first-order chi connectivity index (χ1) is 5.83. The van der Waals surface area contributed by atoms with E-state index in [4.69, 9.17) is 4.43 Å². The standard InChI is InChI=1S/C11H22OSi/c1-11(2,3)13(4,5)12-10-8-6-7-9-10/h6,8,10H,7,9H2,1-5H3/t10-/m1/s1. The quantitative estimate of drug-likeness (QED) is 0.485. The Bertz CT molecular complexity index is 201. The van der Waals surface area contributed by atoms with Gasteiger partial charge in [-0.3, -0.25) is 0 Å². The molecule has 13 heavy (non-hydrogen) atoms. The highest BCUT2D eigenvalue weighted by atomic mass is 28.4. The Hall–Kier alpha value is -0.0831. The maximum absolute atomic E-state index is 6.22. The summed E-state index contributed by atoms with van der Waals surface area (Å²) in [6.45, 7) is 11.5. The van der Waals surface area contributed by atoms with E-state index in [0.29, 0.717) is 11.1 Å². The van der Waals surface area contributed by atoms with Gasteiger partial charge in [-0.1, -0.05) is 32.9 Å². The molecule has 0 saturated carbocycles. The lowest BCUT2D eigenvalue weighted by atomic mass is 10.2. The van der Waals surface area contributed by atoms with Gasteiger partial charge in [-0.15, -0.1) is 0 Å². The molecule has 0 aromatic rings. The predicted molar refractivity (Wildman–Crippen MR) is 60.4 cm³/mol. The summed E-state index contributed by atoms with van der Waals surface area (Å²) in [6.07, 6.45) is 7.24. The van der Waals surface area contributed by atoms with Crippen LogP contribution in [0.1, 0.15) is 33.6 Å². The van der Waals surface area contributed by atoms with Crippen LogP contribution in [0.15, 0.2) is 12.2 Å². The minimum absolute atomic E-state index is 0.337. The summed E-state index contributed by atoms with van der Waals surface area (Å²) in [6, 6.07) is 0. The van der Waals surface area contributed by atoms with Gasteiger partial charge in [-0.25, -0.2) is 0 Å². The van der Waals surface area contributed by atoms with Crippen molar-refractivity contribution in [3.8, 4) is 0 Å². The van der Waals surface area contributed by atoms with Crippen LogP contribution in [0.5, 0.6) is 0 Å². The van der Waals surface area contributed by atoms with Crippen LogP contribution in [-0.2, 0) is 4.43 Å². The Balaban J connectivity index is 2.55. The second-order valence-corrected chi connectivity index (χ2v) is 10.2. The van der Waals surface area contributed by atoms with Crippen LogP contribution in [-0.4, -0.2) is 14.4 Å². The van der Waals surface area contributed by atoms with Crippen LogP contribution in [0.25, 0.3) is 0 Å². The topological polar surface area (TPSA) is 9.23 Å². The van der Waals surface area contributed by atoms with Crippen LogP contribution in [0, 0.1) is 0 Å². The molecular formula is C11H22OSi. The molecule has 0 heterocycles. The normalized spacial score (nSPS) is 23.9. The van der Waals surface area contributed by atoms with E-state index < -0.39 is 8.32 Å². The Morgan fingerprint density at radius 2 is 1.92 bits per heavy atom. The molecule has 0 aromatic carbocycles. The van der Waals surface area contributed by atoms with Crippen molar-refractivity contribution in [2.45, 2.75) is 57.8 Å². The van der Waals surface area contributed by atoms with E-state index >= 15 is 0 Å². The van der Waals surface area contributed by atoms with Crippen molar-refractivity contribution in [1.29, 1.82) is 0 Å². The van der Waals surface area contributed by atoms with Gasteiger partial charge in [0.1, 0.15) is 0 Å². The summed E-state index contributed by atoms with van der Waals surface area (Å²) in [7, 11) is -1.52. The molecule has 0 N–H and O–H groups in total. The SMILES string of the molecule is CC(C)(C)[Si](C)(C)O[C@@H]1C=CCC1. The molecule has 0 saturated heterocycles. The fourth-order valence-electron chi connectivity index (χ4n) is 1.26. The van der Waals surface area contributed by atoms with Crippen LogP contribution in [0.2, 0.25) is 18.1 Å². The Morgan fingerprint density at radius 1 is 1.31 bits per heavy atom. The first kappa shape index (κ1) is 11.0. The average Bonchev–Trinajstić information content (AvgIpc) is 2.35. The van der Waals surface area contributed by atoms with Gasteiger partial charge in [-0.2, -0.15) is 0 Å². The van der Waals surface area contributed by atoms with E-state index in [2.05, 4.69) is 46.0 Å². The maximum Gasteiger partial charge on any atom is 0.192 e. The molecule has 1 rings (SSSR count). The first-order valence-electron chi connectivity index (χ1n) is 5.17. The molecule has 0 fully saturated rings. The van der Waals surface area contributed by atoms with Gasteiger partial charge in [0.2, 0.25) is 0 Å². The third kappa shape index (κ3) is 2.68. The molecule has 0 unspecified atom stereocenters. The Labute approximate surface area is 83.3 Å². The van der Waals surface area contributed by atoms with Gasteiger partial charge in [-0.05, 0) is 31.0 Å². The van der Waals surface area contributed by atoms with Crippen LogP contribution >= 0.6 is 0 Å². The summed E-state index contributed by atoms with van der Waals surface area (Å²) >= 11 is 0. The van der Waals surface area contributed by atoms with Crippen LogP contribution in [0.3, 0.4) is 0 Å². The van der Waals surface area contributed by atoms with Gasteiger partial charge in [0.05, 0.1) is 6.10 Å². The van der Waals surface area contributed by atoms with E-state index in [1.54, 1.807) is 0 Å². The molecule has 1 atom stereocenters. The van der Waals surface area contributed by atoms with Gasteiger partial charge in [0, 0.05) is 0 Å². The van der Waals surface area contributed by atoms with Crippen molar-refractivity contribution in [1.82, 2.24) is 0 Å². The summed E-state index contributed by atoms with van der Waals surface area (Å²) < 4.78 is 6.22. The lowest BCUT2D eigenvalue weighted by molar-refractivity contribution is 0.224. The second kappa shape index (κ2) is 3.58. The van der Waals surface area contributed by atoms with Gasteiger partial charge >= 0.3 is 0 Å². The van der Waals surface area contributed by atoms with Crippen molar-refractivity contribution in [3.05, 3.63) is 12.2 Å². The first-order valence-corrected chi connectivity index (χ1v) is 8.08. The predicted octanol–water partition coefficient (Wildman–Crippen LogP) is 3.73. The molecule has 1 aliphatic rings. The minimum Gasteiger partial charge on any atom is -0.411 e. The van der Waals surface area contributed by atoms with Crippen molar-refractivity contribution in [3.63, 3.8) is 0 Å². The summed E-state index contributed by atoms with van der Waals surface area (Å²) in [4.78, 5) is 0. The van der Waals surface area contributed by atoms with Gasteiger partial charge in [0.25, 0.3) is 0 Å². The number of hydrogen-bond acceptors (Lipinski definition) is 1. The van der Waals surface area contributed by atoms with E-state index in [1.165, 1.54) is 12.8 Å². The molecule has 0 aromatic heterocycles. The molecule has 1 aliphatic carbocycles. The molecule has 76 valence electrons. The van der Waals surface area contributed by atoms with Crippen molar-refractivity contribution >= 4 is 8.32 Å². The number of hydrogen-bond donors (Lipinski definition) is 0. The lowest BCUT2D eigenvalue weighted by Crippen LogP contribution is -2.43. The third-order valence-corrected chi connectivity index (χ3v) is 7.73. The monoisotopic (exact) mass is 198 g/mol. The molecule has 0 radical (unpaired) electrons. The lowest BCUT2D eigenvalue weighted by Gasteiger charge is -2.38. The fourth-order valence-corrected chi connectivity index (χ4v) is 2.56. The summed E-state index contributed by atoms with van der Waals surface area (Å²) in [5.41, 5.74) is 0. The fraction of sp³-hybridized carbons (Fsp3) is 0.818. The molecule has 0 amide bonds. The number of rotatable bonds is 2. The van der Waals surface area contributed by atoms with E-state index in [-0.39, 0.29) is 0 Å². The second-order valence-electron chi connectivity index (χ2n) is 5.42.